The van der Waals surface area contributed by atoms with E-state index in [2.05, 4.69) is 5.32 Å². The van der Waals surface area contributed by atoms with Gasteiger partial charge in [-0.3, -0.25) is 9.59 Å². The van der Waals surface area contributed by atoms with Gasteiger partial charge in [0.1, 0.15) is 22.8 Å². The van der Waals surface area contributed by atoms with E-state index in [1.165, 1.54) is 0 Å². The number of hydrogen-bond acceptors (Lipinski definition) is 3. The molecule has 1 aliphatic rings. The SMILES string of the molecule is O=C(NC(c1ccccc1)c1ccc(OC2=CCCC=C2)cc1)c1ccc(C(F)(F)F)[nH]c1=O. The van der Waals surface area contributed by atoms with Gasteiger partial charge in [-0.15, -0.1) is 0 Å². The molecule has 5 nitrogen and oxygen atoms in total. The first-order valence-electron chi connectivity index (χ1n) is 10.6. The molecule has 0 saturated carbocycles. The van der Waals surface area contributed by atoms with Crippen LogP contribution in [-0.2, 0) is 6.18 Å². The second-order valence-electron chi connectivity index (χ2n) is 7.69. The van der Waals surface area contributed by atoms with Gasteiger partial charge in [0.05, 0.1) is 6.04 Å². The van der Waals surface area contributed by atoms with Crippen molar-refractivity contribution in [2.24, 2.45) is 0 Å². The van der Waals surface area contributed by atoms with Gasteiger partial charge in [-0.25, -0.2) is 0 Å². The van der Waals surface area contributed by atoms with Gasteiger partial charge in [0.2, 0.25) is 0 Å². The zero-order chi connectivity index (χ0) is 24.1. The minimum absolute atomic E-state index is 0.412. The van der Waals surface area contributed by atoms with Crippen LogP contribution in [0.3, 0.4) is 0 Å². The van der Waals surface area contributed by atoms with Crippen molar-refractivity contribution in [2.45, 2.75) is 25.1 Å². The van der Waals surface area contributed by atoms with E-state index in [0.29, 0.717) is 17.4 Å². The van der Waals surface area contributed by atoms with Crippen LogP contribution in [0.1, 0.15) is 46.1 Å². The van der Waals surface area contributed by atoms with Gasteiger partial charge in [-0.05, 0) is 60.4 Å². The molecule has 3 aromatic rings. The lowest BCUT2D eigenvalue weighted by atomic mass is 9.98. The van der Waals surface area contributed by atoms with Crippen molar-refractivity contribution < 1.29 is 22.7 Å². The standard InChI is InChI=1S/C26H21F3N2O3/c27-26(28,29)22-16-15-21(24(32)30-22)25(33)31-23(17-7-3-1-4-8-17)18-11-13-20(14-12-18)34-19-9-5-2-6-10-19/h1,3-5,7-16,23H,2,6H2,(H,30,32)(H,31,33). The zero-order valence-electron chi connectivity index (χ0n) is 17.9. The molecule has 0 aliphatic heterocycles. The van der Waals surface area contributed by atoms with E-state index in [0.717, 1.165) is 30.2 Å². The summed E-state index contributed by atoms with van der Waals surface area (Å²) in [6, 6.07) is 17.1. The smallest absolute Gasteiger partial charge is 0.431 e. The van der Waals surface area contributed by atoms with E-state index in [1.54, 1.807) is 41.4 Å². The molecule has 34 heavy (non-hydrogen) atoms. The number of aromatic nitrogens is 1. The fourth-order valence-electron chi connectivity index (χ4n) is 3.56. The summed E-state index contributed by atoms with van der Waals surface area (Å²) in [5, 5.41) is 2.76. The van der Waals surface area contributed by atoms with Crippen molar-refractivity contribution in [3.05, 3.63) is 123 Å². The van der Waals surface area contributed by atoms with E-state index < -0.39 is 34.9 Å². The zero-order valence-corrected chi connectivity index (χ0v) is 17.9. The maximum absolute atomic E-state index is 12.9. The van der Waals surface area contributed by atoms with Gasteiger partial charge in [-0.2, -0.15) is 13.2 Å². The Kier molecular flexibility index (Phi) is 6.67. The van der Waals surface area contributed by atoms with Crippen LogP contribution in [0, 0.1) is 0 Å². The molecule has 174 valence electrons. The minimum Gasteiger partial charge on any atom is -0.458 e. The first-order chi connectivity index (χ1) is 16.3. The molecule has 2 aromatic carbocycles. The average molecular weight is 466 g/mol. The van der Waals surface area contributed by atoms with Crippen molar-refractivity contribution in [3.63, 3.8) is 0 Å². The second-order valence-corrected chi connectivity index (χ2v) is 7.69. The van der Waals surface area contributed by atoms with E-state index >= 15 is 0 Å². The van der Waals surface area contributed by atoms with E-state index in [1.807, 2.05) is 36.4 Å². The Morgan fingerprint density at radius 2 is 1.65 bits per heavy atom. The van der Waals surface area contributed by atoms with E-state index in [-0.39, 0.29) is 0 Å². The van der Waals surface area contributed by atoms with Crippen LogP contribution in [0.2, 0.25) is 0 Å². The van der Waals surface area contributed by atoms with Crippen LogP contribution in [0.15, 0.2) is 95.5 Å². The summed E-state index contributed by atoms with van der Waals surface area (Å²) in [5.41, 5.74) is -1.29. The number of benzene rings is 2. The van der Waals surface area contributed by atoms with Gasteiger partial charge in [-0.1, -0.05) is 48.5 Å². The quantitative estimate of drug-likeness (QED) is 0.502. The molecule has 0 bridgehead atoms. The summed E-state index contributed by atoms with van der Waals surface area (Å²) < 4.78 is 44.4. The first kappa shape index (κ1) is 23.1. The molecule has 2 N–H and O–H groups in total. The summed E-state index contributed by atoms with van der Waals surface area (Å²) in [4.78, 5) is 26.8. The van der Waals surface area contributed by atoms with Gasteiger partial charge < -0.3 is 15.0 Å². The largest absolute Gasteiger partial charge is 0.458 e. The number of pyridine rings is 1. The van der Waals surface area contributed by atoms with Crippen LogP contribution < -0.4 is 15.6 Å². The average Bonchev–Trinajstić information content (AvgIpc) is 2.83. The highest BCUT2D eigenvalue weighted by atomic mass is 19.4. The summed E-state index contributed by atoms with van der Waals surface area (Å²) in [6.45, 7) is 0. The molecule has 1 aromatic heterocycles. The topological polar surface area (TPSA) is 71.2 Å². The highest BCUT2D eigenvalue weighted by Gasteiger charge is 2.32. The number of H-pyrrole nitrogens is 1. The summed E-state index contributed by atoms with van der Waals surface area (Å²) in [6.07, 6.45) is 3.12. The number of carbonyl (C=O) groups excluding carboxylic acids is 1. The number of hydrogen-bond donors (Lipinski definition) is 2. The molecule has 0 saturated heterocycles. The lowest BCUT2D eigenvalue weighted by molar-refractivity contribution is -0.141. The number of amides is 1. The monoisotopic (exact) mass is 466 g/mol. The fourth-order valence-corrected chi connectivity index (χ4v) is 3.56. The van der Waals surface area contributed by atoms with Gasteiger partial charge in [0.25, 0.3) is 11.5 Å². The minimum atomic E-state index is -4.71. The molecule has 8 heteroatoms. The summed E-state index contributed by atoms with van der Waals surface area (Å²) in [5.74, 6) is 0.592. The predicted molar refractivity (Wildman–Crippen MR) is 121 cm³/mol. The van der Waals surface area contributed by atoms with Crippen LogP contribution in [0.5, 0.6) is 5.75 Å². The van der Waals surface area contributed by atoms with Crippen molar-refractivity contribution in [1.29, 1.82) is 0 Å². The van der Waals surface area contributed by atoms with E-state index in [4.69, 9.17) is 4.74 Å². The Morgan fingerprint density at radius 3 is 2.26 bits per heavy atom. The Labute approximate surface area is 193 Å². The molecule has 0 radical (unpaired) electrons. The van der Waals surface area contributed by atoms with Crippen LogP contribution in [0.4, 0.5) is 13.2 Å². The maximum Gasteiger partial charge on any atom is 0.431 e. The lowest BCUT2D eigenvalue weighted by Crippen LogP contribution is -2.34. The number of allylic oxidation sites excluding steroid dienone is 3. The number of nitrogens with one attached hydrogen (secondary N) is 2. The highest BCUT2D eigenvalue weighted by molar-refractivity contribution is 5.94. The lowest BCUT2D eigenvalue weighted by Gasteiger charge is -2.20. The van der Waals surface area contributed by atoms with Crippen LogP contribution in [0.25, 0.3) is 0 Å². The molecule has 1 amide bonds. The third kappa shape index (κ3) is 5.46. The van der Waals surface area contributed by atoms with Crippen molar-refractivity contribution in [3.8, 4) is 5.75 Å². The van der Waals surface area contributed by atoms with Gasteiger partial charge >= 0.3 is 6.18 Å². The number of ether oxygens (including phenoxy) is 1. The number of alkyl halides is 3. The first-order valence-corrected chi connectivity index (χ1v) is 10.6. The molecule has 0 spiro atoms. The number of halogens is 3. The van der Waals surface area contributed by atoms with Gasteiger partial charge in [0, 0.05) is 0 Å². The molecule has 1 atom stereocenters. The molecule has 0 fully saturated rings. The summed E-state index contributed by atoms with van der Waals surface area (Å²) in [7, 11) is 0. The molecule has 4 rings (SSSR count). The Balaban J connectivity index is 1.59. The fraction of sp³-hybridized carbons (Fsp3) is 0.154. The van der Waals surface area contributed by atoms with Crippen molar-refractivity contribution in [2.75, 3.05) is 0 Å². The Morgan fingerprint density at radius 1 is 0.941 bits per heavy atom. The molecule has 1 unspecified atom stereocenters. The third-order valence-corrected chi connectivity index (χ3v) is 5.28. The number of rotatable bonds is 6. The van der Waals surface area contributed by atoms with Gasteiger partial charge in [0.15, 0.2) is 0 Å². The Hall–Kier alpha value is -4.07. The molecule has 1 aliphatic carbocycles. The third-order valence-electron chi connectivity index (χ3n) is 5.28. The number of aromatic amines is 1. The maximum atomic E-state index is 12.9. The summed E-state index contributed by atoms with van der Waals surface area (Å²) >= 11 is 0. The van der Waals surface area contributed by atoms with Crippen molar-refractivity contribution in [1.82, 2.24) is 10.3 Å². The predicted octanol–water partition coefficient (Wildman–Crippen LogP) is 5.53. The highest BCUT2D eigenvalue weighted by Crippen LogP contribution is 2.28. The van der Waals surface area contributed by atoms with E-state index in [9.17, 15) is 22.8 Å². The van der Waals surface area contributed by atoms with Crippen LogP contribution in [-0.4, -0.2) is 10.9 Å². The molecule has 1 heterocycles. The normalized spacial score (nSPS) is 14.3. The van der Waals surface area contributed by atoms with Crippen molar-refractivity contribution >= 4 is 5.91 Å². The Bertz CT molecular complexity index is 1280. The van der Waals surface area contributed by atoms with Crippen LogP contribution >= 0.6 is 0 Å². The number of carbonyl (C=O) groups is 1. The molecular formula is C26H21F3N2O3. The molecular weight excluding hydrogens is 445 g/mol. The second kappa shape index (κ2) is 9.82.